The smallest absolute Gasteiger partial charge is 0.135 e. The number of aliphatic hydroxyl groups is 1. The molecule has 0 aliphatic carbocycles. The van der Waals surface area contributed by atoms with E-state index in [0.717, 1.165) is 42.4 Å². The minimum atomic E-state index is 0.123. The zero-order valence-electron chi connectivity index (χ0n) is 14.2. The maximum absolute atomic E-state index is 8.98. The first-order valence-electron chi connectivity index (χ1n) is 7.71. The number of hydrogen-bond donors (Lipinski definition) is 3. The van der Waals surface area contributed by atoms with Crippen LogP contribution in [-0.4, -0.2) is 35.3 Å². The van der Waals surface area contributed by atoms with Gasteiger partial charge in [0.1, 0.15) is 17.5 Å². The average Bonchev–Trinajstić information content (AvgIpc) is 2.44. The van der Waals surface area contributed by atoms with Gasteiger partial charge in [-0.15, -0.1) is 0 Å². The second-order valence-corrected chi connectivity index (χ2v) is 6.65. The highest BCUT2D eigenvalue weighted by atomic mass is 16.2. The summed E-state index contributed by atoms with van der Waals surface area (Å²) in [6, 6.07) is 0. The van der Waals surface area contributed by atoms with Crippen molar-refractivity contribution in [3.63, 3.8) is 0 Å². The predicted molar refractivity (Wildman–Crippen MR) is 89.0 cm³/mol. The van der Waals surface area contributed by atoms with Crippen LogP contribution in [0.1, 0.15) is 57.8 Å². The van der Waals surface area contributed by atoms with Crippen LogP contribution in [0, 0.1) is 12.3 Å². The van der Waals surface area contributed by atoms with Crippen molar-refractivity contribution in [2.75, 3.05) is 30.8 Å². The number of nitrogens with zero attached hydrogens (tertiary/aromatic N) is 2. The first-order valence-corrected chi connectivity index (χ1v) is 7.71. The van der Waals surface area contributed by atoms with Gasteiger partial charge in [0.25, 0.3) is 0 Å². The summed E-state index contributed by atoms with van der Waals surface area (Å²) >= 11 is 0. The third kappa shape index (κ3) is 5.16. The molecule has 0 saturated heterocycles. The maximum Gasteiger partial charge on any atom is 0.135 e. The minimum absolute atomic E-state index is 0.123. The van der Waals surface area contributed by atoms with Crippen molar-refractivity contribution < 1.29 is 5.11 Å². The summed E-state index contributed by atoms with van der Waals surface area (Å²) in [7, 11) is 1.88. The van der Waals surface area contributed by atoms with E-state index in [1.807, 2.05) is 14.0 Å². The van der Waals surface area contributed by atoms with E-state index in [-0.39, 0.29) is 12.0 Å². The largest absolute Gasteiger partial charge is 0.396 e. The normalized spacial score (nSPS) is 11.8. The molecule has 0 fully saturated rings. The van der Waals surface area contributed by atoms with E-state index in [1.165, 1.54) is 0 Å². The Morgan fingerprint density at radius 2 is 1.81 bits per heavy atom. The quantitative estimate of drug-likeness (QED) is 0.687. The summed E-state index contributed by atoms with van der Waals surface area (Å²) < 4.78 is 0. The van der Waals surface area contributed by atoms with E-state index < -0.39 is 0 Å². The number of aliphatic hydroxyl groups excluding tert-OH is 1. The van der Waals surface area contributed by atoms with Crippen molar-refractivity contribution in [1.82, 2.24) is 9.97 Å². The zero-order valence-corrected chi connectivity index (χ0v) is 14.2. The summed E-state index contributed by atoms with van der Waals surface area (Å²) in [5.74, 6) is 2.92. The molecule has 0 saturated carbocycles. The van der Waals surface area contributed by atoms with Crippen molar-refractivity contribution >= 4 is 11.6 Å². The molecule has 0 aromatic carbocycles. The van der Waals surface area contributed by atoms with Crippen LogP contribution in [0.15, 0.2) is 0 Å². The van der Waals surface area contributed by atoms with E-state index in [9.17, 15) is 0 Å². The van der Waals surface area contributed by atoms with Gasteiger partial charge >= 0.3 is 0 Å². The molecule has 5 heteroatoms. The Labute approximate surface area is 128 Å². The van der Waals surface area contributed by atoms with Gasteiger partial charge in [0.15, 0.2) is 0 Å². The topological polar surface area (TPSA) is 70.1 Å². The monoisotopic (exact) mass is 294 g/mol. The summed E-state index contributed by atoms with van der Waals surface area (Å²) in [5.41, 5.74) is 1.16. The summed E-state index contributed by atoms with van der Waals surface area (Å²) in [4.78, 5) is 9.20. The molecule has 21 heavy (non-hydrogen) atoms. The number of anilines is 2. The van der Waals surface area contributed by atoms with Gasteiger partial charge in [-0.1, -0.05) is 27.7 Å². The Morgan fingerprint density at radius 3 is 2.33 bits per heavy atom. The number of nitrogens with one attached hydrogen (secondary N) is 2. The molecule has 1 heterocycles. The summed E-state index contributed by atoms with van der Waals surface area (Å²) in [6.45, 7) is 11.7. The Kier molecular flexibility index (Phi) is 6.40. The lowest BCUT2D eigenvalue weighted by Gasteiger charge is -2.26. The van der Waals surface area contributed by atoms with E-state index >= 15 is 0 Å². The second-order valence-electron chi connectivity index (χ2n) is 6.65. The number of rotatable bonds is 8. The number of aromatic nitrogens is 2. The zero-order chi connectivity index (χ0) is 16.0. The fourth-order valence-electron chi connectivity index (χ4n) is 2.18. The molecule has 5 nitrogen and oxygen atoms in total. The molecule has 1 aromatic rings. The fourth-order valence-corrected chi connectivity index (χ4v) is 2.18. The Morgan fingerprint density at radius 1 is 1.19 bits per heavy atom. The molecule has 1 rings (SSSR count). The Hall–Kier alpha value is -1.36. The molecule has 0 amide bonds. The molecular formula is C16H30N4O. The molecule has 1 aromatic heterocycles. The van der Waals surface area contributed by atoms with Crippen molar-refractivity contribution in [3.8, 4) is 0 Å². The molecule has 0 aliphatic rings. The molecule has 0 atom stereocenters. The van der Waals surface area contributed by atoms with Gasteiger partial charge in [-0.2, -0.15) is 0 Å². The van der Waals surface area contributed by atoms with Gasteiger partial charge in [-0.05, 0) is 25.2 Å². The van der Waals surface area contributed by atoms with E-state index in [0.29, 0.717) is 5.92 Å². The molecular weight excluding hydrogens is 264 g/mol. The molecule has 0 radical (unpaired) electrons. The lowest BCUT2D eigenvalue weighted by Crippen LogP contribution is -2.24. The molecule has 0 unspecified atom stereocenters. The molecule has 3 N–H and O–H groups in total. The van der Waals surface area contributed by atoms with Crippen molar-refractivity contribution in [1.29, 1.82) is 0 Å². The van der Waals surface area contributed by atoms with Crippen molar-refractivity contribution in [3.05, 3.63) is 11.4 Å². The van der Waals surface area contributed by atoms with Crippen LogP contribution in [0.5, 0.6) is 0 Å². The van der Waals surface area contributed by atoms with Crippen LogP contribution >= 0.6 is 0 Å². The highest BCUT2D eigenvalue weighted by molar-refractivity contribution is 5.57. The lowest BCUT2D eigenvalue weighted by molar-refractivity contribution is 0.248. The Balaban J connectivity index is 2.89. The van der Waals surface area contributed by atoms with Crippen LogP contribution in [0.3, 0.4) is 0 Å². The minimum Gasteiger partial charge on any atom is -0.396 e. The van der Waals surface area contributed by atoms with Gasteiger partial charge in [0.05, 0.1) is 0 Å². The fraction of sp³-hybridized carbons (Fsp3) is 0.750. The summed E-state index contributed by atoms with van der Waals surface area (Å²) in [5, 5.41) is 15.6. The van der Waals surface area contributed by atoms with Gasteiger partial charge in [0.2, 0.25) is 0 Å². The Bertz CT molecular complexity index is 458. The second kappa shape index (κ2) is 7.59. The van der Waals surface area contributed by atoms with Crippen molar-refractivity contribution in [2.45, 2.75) is 53.4 Å². The maximum atomic E-state index is 8.98. The molecule has 0 spiro atoms. The number of hydrogen-bond acceptors (Lipinski definition) is 5. The van der Waals surface area contributed by atoms with Gasteiger partial charge in [-0.3, -0.25) is 0 Å². The third-order valence-corrected chi connectivity index (χ3v) is 3.66. The molecule has 0 bridgehead atoms. The predicted octanol–water partition coefficient (Wildman–Crippen LogP) is 3.16. The van der Waals surface area contributed by atoms with Crippen molar-refractivity contribution in [2.24, 2.45) is 5.41 Å². The van der Waals surface area contributed by atoms with Crippen LogP contribution in [-0.2, 0) is 0 Å². The molecule has 0 aliphatic heterocycles. The van der Waals surface area contributed by atoms with Crippen LogP contribution < -0.4 is 10.6 Å². The summed E-state index contributed by atoms with van der Waals surface area (Å²) in [6.07, 6.45) is 1.81. The highest BCUT2D eigenvalue weighted by Gasteiger charge is 2.19. The van der Waals surface area contributed by atoms with Gasteiger partial charge < -0.3 is 15.7 Å². The van der Waals surface area contributed by atoms with E-state index in [2.05, 4.69) is 48.3 Å². The molecule has 120 valence electrons. The lowest BCUT2D eigenvalue weighted by atomic mass is 9.88. The van der Waals surface area contributed by atoms with Crippen LogP contribution in [0.25, 0.3) is 0 Å². The van der Waals surface area contributed by atoms with Gasteiger partial charge in [0, 0.05) is 31.7 Å². The van der Waals surface area contributed by atoms with E-state index in [4.69, 9.17) is 5.11 Å². The standard InChI is InChI=1S/C16H30N4O/c1-11(2)13-19-14(17-6)12(3)15(20-13)18-10-16(4,5)8-7-9-21/h11,21H,7-10H2,1-6H3,(H2,17,18,19,20). The third-order valence-electron chi connectivity index (χ3n) is 3.66. The highest BCUT2D eigenvalue weighted by Crippen LogP contribution is 2.26. The SMILES string of the molecule is CNc1nc(C(C)C)nc(NCC(C)(C)CCCO)c1C. The van der Waals surface area contributed by atoms with Crippen LogP contribution in [0.2, 0.25) is 0 Å². The average molecular weight is 294 g/mol. The van der Waals surface area contributed by atoms with Gasteiger partial charge in [-0.25, -0.2) is 9.97 Å². The van der Waals surface area contributed by atoms with E-state index in [1.54, 1.807) is 0 Å². The first-order chi connectivity index (χ1) is 9.80. The first kappa shape index (κ1) is 17.7. The van der Waals surface area contributed by atoms with Crippen LogP contribution in [0.4, 0.5) is 11.6 Å².